The van der Waals surface area contributed by atoms with Crippen LogP contribution in [0, 0.1) is 0 Å². The van der Waals surface area contributed by atoms with Gasteiger partial charge in [0.1, 0.15) is 0 Å². The zero-order valence-electron chi connectivity index (χ0n) is 5.43. The smallest absolute Gasteiger partial charge is 0.0573 e. The lowest BCUT2D eigenvalue weighted by molar-refractivity contribution is 0.0915. The predicted octanol–water partition coefficient (Wildman–Crippen LogP) is -1.31. The molecule has 1 aliphatic rings. The van der Waals surface area contributed by atoms with E-state index in [1.807, 2.05) is 5.01 Å². The first-order valence-electron chi connectivity index (χ1n) is 3.28. The van der Waals surface area contributed by atoms with E-state index in [9.17, 15) is 0 Å². The molecule has 1 rings (SSSR count). The molecular weight excluding hydrogens is 118 g/mol. The monoisotopic (exact) mass is 131 g/mol. The fourth-order valence-corrected chi connectivity index (χ4v) is 0.870. The summed E-state index contributed by atoms with van der Waals surface area (Å²) in [5, 5.41) is 10.5. The Balaban J connectivity index is 2.08. The van der Waals surface area contributed by atoms with Crippen LogP contribution in [0.4, 0.5) is 0 Å². The number of nitrogens with one attached hydrogen (secondary N) is 2. The number of β-amino-alcohol motifs (C(OH)–C–C–N with tert-alkyl or cyclic N) is 1. The van der Waals surface area contributed by atoms with E-state index < -0.39 is 0 Å². The van der Waals surface area contributed by atoms with Crippen LogP contribution >= 0.6 is 0 Å². The Morgan fingerprint density at radius 2 is 2.44 bits per heavy atom. The first-order chi connectivity index (χ1) is 4.43. The van der Waals surface area contributed by atoms with E-state index in [0.717, 1.165) is 19.5 Å². The highest BCUT2D eigenvalue weighted by atomic mass is 16.3. The second-order valence-electron chi connectivity index (χ2n) is 2.10. The fraction of sp³-hybridized carbons (Fsp3) is 1.00. The highest BCUT2D eigenvalue weighted by molar-refractivity contribution is 4.56. The molecular formula is C5H13N3O. The summed E-state index contributed by atoms with van der Waals surface area (Å²) in [6.45, 7) is 2.96. The molecule has 0 spiro atoms. The van der Waals surface area contributed by atoms with E-state index in [-0.39, 0.29) is 6.61 Å². The van der Waals surface area contributed by atoms with Crippen LogP contribution in [-0.4, -0.2) is 36.4 Å². The van der Waals surface area contributed by atoms with Crippen LogP contribution < -0.4 is 11.0 Å². The molecule has 1 fully saturated rings. The van der Waals surface area contributed by atoms with E-state index in [4.69, 9.17) is 5.11 Å². The minimum atomic E-state index is 0.217. The van der Waals surface area contributed by atoms with Gasteiger partial charge in [-0.2, -0.15) is 5.53 Å². The number of hydrogen-bond donors (Lipinski definition) is 3. The summed E-state index contributed by atoms with van der Waals surface area (Å²) < 4.78 is 0. The molecule has 0 aliphatic carbocycles. The molecule has 0 atom stereocenters. The molecule has 0 aromatic heterocycles. The molecule has 0 amide bonds. The largest absolute Gasteiger partial charge is 0.395 e. The van der Waals surface area contributed by atoms with Gasteiger partial charge in [-0.1, -0.05) is 0 Å². The van der Waals surface area contributed by atoms with Gasteiger partial charge in [0.2, 0.25) is 0 Å². The molecule has 0 bridgehead atoms. The Bertz CT molecular complexity index is 69.8. The van der Waals surface area contributed by atoms with Crippen molar-refractivity contribution in [3.05, 3.63) is 0 Å². The Labute approximate surface area is 54.8 Å². The third kappa shape index (κ3) is 2.28. The molecule has 4 nitrogen and oxygen atoms in total. The fourth-order valence-electron chi connectivity index (χ4n) is 0.870. The molecule has 0 unspecified atom stereocenters. The van der Waals surface area contributed by atoms with Crippen molar-refractivity contribution < 1.29 is 5.11 Å². The van der Waals surface area contributed by atoms with Crippen LogP contribution in [0.5, 0.6) is 0 Å². The number of hydrogen-bond acceptors (Lipinski definition) is 4. The van der Waals surface area contributed by atoms with Crippen molar-refractivity contribution in [2.45, 2.75) is 6.42 Å². The lowest BCUT2D eigenvalue weighted by Crippen LogP contribution is -2.53. The zero-order chi connectivity index (χ0) is 6.53. The van der Waals surface area contributed by atoms with Gasteiger partial charge in [0.25, 0.3) is 0 Å². The van der Waals surface area contributed by atoms with Crippen molar-refractivity contribution in [1.82, 2.24) is 16.0 Å². The van der Waals surface area contributed by atoms with Gasteiger partial charge in [-0.15, -0.1) is 0 Å². The maximum Gasteiger partial charge on any atom is 0.0573 e. The number of aliphatic hydroxyl groups excluding tert-OH is 1. The molecule has 0 saturated carbocycles. The van der Waals surface area contributed by atoms with Gasteiger partial charge < -0.3 is 5.11 Å². The quantitative estimate of drug-likeness (QED) is 0.435. The number of hydrazine groups is 2. The summed E-state index contributed by atoms with van der Waals surface area (Å²) >= 11 is 0. The van der Waals surface area contributed by atoms with Crippen molar-refractivity contribution in [1.29, 1.82) is 0 Å². The summed E-state index contributed by atoms with van der Waals surface area (Å²) in [6.07, 6.45) is 1.15. The molecule has 0 aromatic carbocycles. The summed E-state index contributed by atoms with van der Waals surface area (Å²) in [5.41, 5.74) is 5.93. The average Bonchev–Trinajstić information content (AvgIpc) is 1.91. The molecule has 0 radical (unpaired) electrons. The minimum Gasteiger partial charge on any atom is -0.395 e. The Morgan fingerprint density at radius 1 is 1.56 bits per heavy atom. The maximum absolute atomic E-state index is 8.51. The first kappa shape index (κ1) is 6.95. The Hall–Kier alpha value is -0.160. The third-order valence-electron chi connectivity index (χ3n) is 1.34. The van der Waals surface area contributed by atoms with Crippen molar-refractivity contribution in [2.75, 3.05) is 26.2 Å². The molecule has 9 heavy (non-hydrogen) atoms. The van der Waals surface area contributed by atoms with E-state index in [1.54, 1.807) is 0 Å². The number of aliphatic hydroxyl groups is 1. The second kappa shape index (κ2) is 3.79. The van der Waals surface area contributed by atoms with Crippen LogP contribution in [0.25, 0.3) is 0 Å². The van der Waals surface area contributed by atoms with E-state index in [2.05, 4.69) is 11.0 Å². The van der Waals surface area contributed by atoms with Crippen LogP contribution in [-0.2, 0) is 0 Å². The van der Waals surface area contributed by atoms with Crippen molar-refractivity contribution in [2.24, 2.45) is 0 Å². The summed E-state index contributed by atoms with van der Waals surface area (Å²) in [4.78, 5) is 0. The number of rotatable bonds is 2. The molecule has 1 heterocycles. The van der Waals surface area contributed by atoms with Gasteiger partial charge in [0.15, 0.2) is 0 Å². The van der Waals surface area contributed by atoms with Gasteiger partial charge in [-0.25, -0.2) is 10.4 Å². The topological polar surface area (TPSA) is 47.5 Å². The molecule has 0 aromatic rings. The predicted molar refractivity (Wildman–Crippen MR) is 34.4 cm³/mol. The van der Waals surface area contributed by atoms with Crippen LogP contribution in [0.15, 0.2) is 0 Å². The van der Waals surface area contributed by atoms with Crippen molar-refractivity contribution in [3.63, 3.8) is 0 Å². The third-order valence-corrected chi connectivity index (χ3v) is 1.34. The zero-order valence-corrected chi connectivity index (χ0v) is 5.43. The van der Waals surface area contributed by atoms with Gasteiger partial charge in [-0.05, 0) is 6.42 Å². The van der Waals surface area contributed by atoms with E-state index >= 15 is 0 Å². The lowest BCUT2D eigenvalue weighted by atomic mass is 10.4. The molecule has 4 heteroatoms. The van der Waals surface area contributed by atoms with Gasteiger partial charge in [0.05, 0.1) is 6.61 Å². The van der Waals surface area contributed by atoms with Crippen molar-refractivity contribution >= 4 is 0 Å². The van der Waals surface area contributed by atoms with Gasteiger partial charge >= 0.3 is 0 Å². The van der Waals surface area contributed by atoms with Gasteiger partial charge in [0, 0.05) is 19.6 Å². The standard InChI is InChI=1S/C5H13N3O/c9-5-4-8-3-1-2-6-7-8/h6-7,9H,1-5H2. The highest BCUT2D eigenvalue weighted by Gasteiger charge is 2.05. The lowest BCUT2D eigenvalue weighted by Gasteiger charge is -2.27. The Morgan fingerprint density at radius 3 is 3.00 bits per heavy atom. The maximum atomic E-state index is 8.51. The SMILES string of the molecule is OCCN1CCCNN1. The summed E-state index contributed by atoms with van der Waals surface area (Å²) in [5.74, 6) is 0. The average molecular weight is 131 g/mol. The van der Waals surface area contributed by atoms with Crippen LogP contribution in [0.3, 0.4) is 0 Å². The van der Waals surface area contributed by atoms with Gasteiger partial charge in [-0.3, -0.25) is 0 Å². The molecule has 1 saturated heterocycles. The van der Waals surface area contributed by atoms with E-state index in [1.165, 1.54) is 0 Å². The molecule has 54 valence electrons. The second-order valence-corrected chi connectivity index (χ2v) is 2.10. The van der Waals surface area contributed by atoms with Crippen LogP contribution in [0.1, 0.15) is 6.42 Å². The van der Waals surface area contributed by atoms with Crippen molar-refractivity contribution in [3.8, 4) is 0 Å². The molecule has 1 aliphatic heterocycles. The summed E-state index contributed by atoms with van der Waals surface area (Å²) in [7, 11) is 0. The van der Waals surface area contributed by atoms with E-state index in [0.29, 0.717) is 6.54 Å². The Kier molecular flexibility index (Phi) is 2.93. The highest BCUT2D eigenvalue weighted by Crippen LogP contribution is 1.88. The first-order valence-corrected chi connectivity index (χ1v) is 3.28. The van der Waals surface area contributed by atoms with Crippen LogP contribution in [0.2, 0.25) is 0 Å². The minimum absolute atomic E-state index is 0.217. The summed E-state index contributed by atoms with van der Waals surface area (Å²) in [6, 6.07) is 0. The normalized spacial score (nSPS) is 22.3. The number of nitrogens with zero attached hydrogens (tertiary/aromatic N) is 1. The molecule has 3 N–H and O–H groups in total.